The second kappa shape index (κ2) is 5.91. The number of aryl methyl sites for hydroxylation is 1. The van der Waals surface area contributed by atoms with Crippen LogP contribution in [0.4, 0.5) is 0 Å². The van der Waals surface area contributed by atoms with E-state index < -0.39 is 0 Å². The molecule has 0 unspecified atom stereocenters. The Balaban J connectivity index is 2.16. The maximum atomic E-state index is 11.9. The van der Waals surface area contributed by atoms with Gasteiger partial charge in [0, 0.05) is 6.54 Å². The van der Waals surface area contributed by atoms with E-state index in [1.165, 1.54) is 0 Å². The van der Waals surface area contributed by atoms with Crippen LogP contribution in [0.3, 0.4) is 0 Å². The summed E-state index contributed by atoms with van der Waals surface area (Å²) in [7, 11) is 2.15. The van der Waals surface area contributed by atoms with E-state index in [0.717, 1.165) is 38.3 Å². The molecule has 20 heavy (non-hydrogen) atoms. The molecule has 112 valence electrons. The van der Waals surface area contributed by atoms with Gasteiger partial charge in [-0.05, 0) is 52.2 Å². The summed E-state index contributed by atoms with van der Waals surface area (Å²) in [4.78, 5) is 14.3. The number of aromatic nitrogens is 3. The Hall–Kier alpha value is -1.43. The molecule has 0 N–H and O–H groups in total. The molecular formula is C14H24N4O2. The summed E-state index contributed by atoms with van der Waals surface area (Å²) in [6.45, 7) is 9.26. The van der Waals surface area contributed by atoms with Gasteiger partial charge in [0.1, 0.15) is 5.82 Å². The minimum atomic E-state index is -0.385. The van der Waals surface area contributed by atoms with Gasteiger partial charge in [-0.15, -0.1) is 10.2 Å². The van der Waals surface area contributed by atoms with E-state index in [-0.39, 0.29) is 11.4 Å². The molecule has 6 heteroatoms. The van der Waals surface area contributed by atoms with Gasteiger partial charge in [0.15, 0.2) is 0 Å². The third kappa shape index (κ3) is 3.17. The van der Waals surface area contributed by atoms with Crippen LogP contribution in [0.2, 0.25) is 0 Å². The maximum absolute atomic E-state index is 11.9. The lowest BCUT2D eigenvalue weighted by Crippen LogP contribution is -2.39. The molecule has 1 aromatic heterocycles. The van der Waals surface area contributed by atoms with Crippen molar-refractivity contribution in [1.29, 1.82) is 0 Å². The summed E-state index contributed by atoms with van der Waals surface area (Å²) in [6.07, 6.45) is 2.23. The molecular weight excluding hydrogens is 256 g/mol. The smallest absolute Gasteiger partial charge is 0.376 e. The standard InChI is InChI=1S/C14H24N4O2/c1-5-20-13(19)12-16-15-11(2)18(12)10-14(3)6-8-17(4)9-7-14/h5-10H2,1-4H3. The Morgan fingerprint density at radius 2 is 2.00 bits per heavy atom. The lowest BCUT2D eigenvalue weighted by Gasteiger charge is -2.38. The summed E-state index contributed by atoms with van der Waals surface area (Å²) >= 11 is 0. The highest BCUT2D eigenvalue weighted by molar-refractivity contribution is 5.85. The molecule has 0 radical (unpaired) electrons. The lowest BCUT2D eigenvalue weighted by molar-refractivity contribution is 0.0496. The van der Waals surface area contributed by atoms with Crippen molar-refractivity contribution in [1.82, 2.24) is 19.7 Å². The summed E-state index contributed by atoms with van der Waals surface area (Å²) in [5.41, 5.74) is 0.181. The Morgan fingerprint density at radius 3 is 2.60 bits per heavy atom. The van der Waals surface area contributed by atoms with Gasteiger partial charge >= 0.3 is 5.97 Å². The first-order valence-corrected chi connectivity index (χ1v) is 7.21. The molecule has 1 aromatic rings. The normalized spacial score (nSPS) is 19.0. The molecule has 1 saturated heterocycles. The molecule has 1 aliphatic rings. The molecule has 0 atom stereocenters. The van der Waals surface area contributed by atoms with E-state index >= 15 is 0 Å². The number of ether oxygens (including phenoxy) is 1. The predicted octanol–water partition coefficient (Wildman–Crippen LogP) is 1.50. The minimum absolute atomic E-state index is 0.181. The zero-order valence-electron chi connectivity index (χ0n) is 12.8. The highest BCUT2D eigenvalue weighted by atomic mass is 16.5. The zero-order valence-corrected chi connectivity index (χ0v) is 12.8. The van der Waals surface area contributed by atoms with Gasteiger partial charge in [0.2, 0.25) is 5.82 Å². The van der Waals surface area contributed by atoms with Crippen molar-refractivity contribution in [2.24, 2.45) is 5.41 Å². The van der Waals surface area contributed by atoms with Crippen LogP contribution in [0.1, 0.15) is 43.1 Å². The molecule has 0 aromatic carbocycles. The highest BCUT2D eigenvalue weighted by Gasteiger charge is 2.31. The van der Waals surface area contributed by atoms with Crippen LogP contribution in [-0.4, -0.2) is 52.4 Å². The summed E-state index contributed by atoms with van der Waals surface area (Å²) in [5.74, 6) is 0.710. The molecule has 6 nitrogen and oxygen atoms in total. The van der Waals surface area contributed by atoms with Crippen molar-refractivity contribution in [3.63, 3.8) is 0 Å². The molecule has 2 rings (SSSR count). The van der Waals surface area contributed by atoms with Crippen molar-refractivity contribution in [3.8, 4) is 0 Å². The van der Waals surface area contributed by atoms with E-state index in [4.69, 9.17) is 4.74 Å². The summed E-state index contributed by atoms with van der Waals surface area (Å²) < 4.78 is 6.96. The van der Waals surface area contributed by atoms with Crippen LogP contribution >= 0.6 is 0 Å². The number of nitrogens with zero attached hydrogens (tertiary/aromatic N) is 4. The zero-order chi connectivity index (χ0) is 14.8. The molecule has 0 spiro atoms. The van der Waals surface area contributed by atoms with Crippen LogP contribution in [0.15, 0.2) is 0 Å². The van der Waals surface area contributed by atoms with Crippen molar-refractivity contribution >= 4 is 5.97 Å². The Kier molecular flexibility index (Phi) is 4.42. The van der Waals surface area contributed by atoms with Gasteiger partial charge in [0.05, 0.1) is 6.61 Å². The average Bonchev–Trinajstić information content (AvgIpc) is 2.75. The lowest BCUT2D eigenvalue weighted by atomic mass is 9.80. The van der Waals surface area contributed by atoms with Crippen molar-refractivity contribution in [3.05, 3.63) is 11.6 Å². The number of hydrogen-bond donors (Lipinski definition) is 0. The first-order chi connectivity index (χ1) is 9.45. The SMILES string of the molecule is CCOC(=O)c1nnc(C)n1CC1(C)CCN(C)CC1. The molecule has 2 heterocycles. The van der Waals surface area contributed by atoms with Gasteiger partial charge in [-0.1, -0.05) is 6.92 Å². The first kappa shape index (κ1) is 15.0. The third-order valence-electron chi connectivity index (χ3n) is 4.13. The average molecular weight is 280 g/mol. The van der Waals surface area contributed by atoms with E-state index in [1.54, 1.807) is 6.92 Å². The Bertz CT molecular complexity index is 476. The monoisotopic (exact) mass is 280 g/mol. The fourth-order valence-corrected chi connectivity index (χ4v) is 2.62. The van der Waals surface area contributed by atoms with Crippen LogP contribution in [0.25, 0.3) is 0 Å². The van der Waals surface area contributed by atoms with Gasteiger partial charge in [-0.3, -0.25) is 0 Å². The molecule has 0 aliphatic carbocycles. The fourth-order valence-electron chi connectivity index (χ4n) is 2.62. The van der Waals surface area contributed by atoms with Gasteiger partial charge in [0.25, 0.3) is 0 Å². The third-order valence-corrected chi connectivity index (χ3v) is 4.13. The van der Waals surface area contributed by atoms with Crippen molar-refractivity contribution < 1.29 is 9.53 Å². The quantitative estimate of drug-likeness (QED) is 0.782. The number of esters is 1. The number of piperidine rings is 1. The molecule has 0 amide bonds. The van der Waals surface area contributed by atoms with E-state index in [1.807, 2.05) is 11.5 Å². The number of hydrogen-bond acceptors (Lipinski definition) is 5. The number of rotatable bonds is 4. The minimum Gasteiger partial charge on any atom is -0.460 e. The number of carbonyl (C=O) groups excluding carboxylic acids is 1. The molecule has 0 bridgehead atoms. The number of carbonyl (C=O) groups is 1. The first-order valence-electron chi connectivity index (χ1n) is 7.21. The van der Waals surface area contributed by atoms with E-state index in [2.05, 4.69) is 29.1 Å². The Morgan fingerprint density at radius 1 is 1.35 bits per heavy atom. The maximum Gasteiger partial charge on any atom is 0.376 e. The van der Waals surface area contributed by atoms with Crippen LogP contribution in [0.5, 0.6) is 0 Å². The fraction of sp³-hybridized carbons (Fsp3) is 0.786. The molecule has 1 aliphatic heterocycles. The van der Waals surface area contributed by atoms with Crippen LogP contribution in [0, 0.1) is 12.3 Å². The molecule has 0 saturated carbocycles. The van der Waals surface area contributed by atoms with Crippen LogP contribution < -0.4 is 0 Å². The van der Waals surface area contributed by atoms with Gasteiger partial charge in [-0.2, -0.15) is 0 Å². The second-order valence-electron chi connectivity index (χ2n) is 5.99. The van der Waals surface area contributed by atoms with Crippen LogP contribution in [-0.2, 0) is 11.3 Å². The molecule has 1 fully saturated rings. The largest absolute Gasteiger partial charge is 0.460 e. The highest BCUT2D eigenvalue weighted by Crippen LogP contribution is 2.32. The predicted molar refractivity (Wildman–Crippen MR) is 75.6 cm³/mol. The number of likely N-dealkylation sites (tertiary alicyclic amines) is 1. The van der Waals surface area contributed by atoms with Gasteiger partial charge < -0.3 is 14.2 Å². The summed E-state index contributed by atoms with van der Waals surface area (Å²) in [6, 6.07) is 0. The van der Waals surface area contributed by atoms with Gasteiger partial charge in [-0.25, -0.2) is 4.79 Å². The Labute approximate surface area is 120 Å². The van der Waals surface area contributed by atoms with E-state index in [0.29, 0.717) is 12.4 Å². The second-order valence-corrected chi connectivity index (χ2v) is 5.99. The topological polar surface area (TPSA) is 60.2 Å². The van der Waals surface area contributed by atoms with Crippen molar-refractivity contribution in [2.45, 2.75) is 40.2 Å². The van der Waals surface area contributed by atoms with Crippen molar-refractivity contribution in [2.75, 3.05) is 26.7 Å². The van der Waals surface area contributed by atoms with E-state index in [9.17, 15) is 4.79 Å². The summed E-state index contributed by atoms with van der Waals surface area (Å²) in [5, 5.41) is 8.01.